The monoisotopic (exact) mass is 325 g/mol. The zero-order valence-electron chi connectivity index (χ0n) is 9.91. The topological polar surface area (TPSA) is 35.2 Å². The highest BCUT2D eigenvalue weighted by Crippen LogP contribution is 2.27. The summed E-state index contributed by atoms with van der Waals surface area (Å²) in [5.74, 6) is 0.671. The molecule has 4 heteroatoms. The maximum absolute atomic E-state index is 6.10. The number of ether oxygens (including phenoxy) is 1. The fourth-order valence-corrected chi connectivity index (χ4v) is 2.24. The Morgan fingerprint density at radius 2 is 2.00 bits per heavy atom. The molecule has 0 heterocycles. The Bertz CT molecular complexity index is 520. The lowest BCUT2D eigenvalue weighted by Crippen LogP contribution is -2.00. The zero-order valence-corrected chi connectivity index (χ0v) is 12.3. The number of aryl methyl sites for hydroxylation is 1. The Morgan fingerprint density at radius 3 is 2.67 bits per heavy atom. The SMILES string of the molecule is Cc1ccc(OCc2ccc(Br)cc2N)c(Cl)c1. The van der Waals surface area contributed by atoms with E-state index in [0.717, 1.165) is 15.6 Å². The van der Waals surface area contributed by atoms with Gasteiger partial charge in [-0.3, -0.25) is 0 Å². The van der Waals surface area contributed by atoms with Crippen LogP contribution in [-0.4, -0.2) is 0 Å². The molecule has 2 aromatic rings. The quantitative estimate of drug-likeness (QED) is 0.838. The molecule has 0 aliphatic carbocycles. The van der Waals surface area contributed by atoms with E-state index in [0.29, 0.717) is 23.1 Å². The van der Waals surface area contributed by atoms with Crippen molar-refractivity contribution < 1.29 is 4.74 Å². The van der Waals surface area contributed by atoms with Gasteiger partial charge in [0, 0.05) is 15.7 Å². The maximum Gasteiger partial charge on any atom is 0.138 e. The van der Waals surface area contributed by atoms with Crippen LogP contribution in [0.4, 0.5) is 5.69 Å². The van der Waals surface area contributed by atoms with Gasteiger partial charge in [0.25, 0.3) is 0 Å². The Labute approximate surface area is 120 Å². The summed E-state index contributed by atoms with van der Waals surface area (Å²) in [4.78, 5) is 0. The van der Waals surface area contributed by atoms with Crippen LogP contribution in [0.3, 0.4) is 0 Å². The van der Waals surface area contributed by atoms with Gasteiger partial charge in [-0.05, 0) is 36.8 Å². The van der Waals surface area contributed by atoms with Crippen molar-refractivity contribution in [2.75, 3.05) is 5.73 Å². The minimum atomic E-state index is 0.405. The molecule has 0 fully saturated rings. The van der Waals surface area contributed by atoms with Gasteiger partial charge >= 0.3 is 0 Å². The first-order valence-electron chi connectivity index (χ1n) is 5.49. The van der Waals surface area contributed by atoms with Crippen LogP contribution in [0.1, 0.15) is 11.1 Å². The summed E-state index contributed by atoms with van der Waals surface area (Å²) in [5, 5.41) is 0.616. The predicted octanol–water partition coefficient (Wildman–Crippen LogP) is 4.57. The van der Waals surface area contributed by atoms with Crippen molar-refractivity contribution in [3.05, 3.63) is 57.0 Å². The third-order valence-electron chi connectivity index (χ3n) is 2.58. The highest BCUT2D eigenvalue weighted by molar-refractivity contribution is 9.10. The smallest absolute Gasteiger partial charge is 0.138 e. The van der Waals surface area contributed by atoms with Gasteiger partial charge in [-0.2, -0.15) is 0 Å². The van der Waals surface area contributed by atoms with E-state index >= 15 is 0 Å². The summed E-state index contributed by atoms with van der Waals surface area (Å²) in [6.45, 7) is 2.39. The van der Waals surface area contributed by atoms with Gasteiger partial charge in [-0.15, -0.1) is 0 Å². The molecule has 2 aromatic carbocycles. The molecule has 94 valence electrons. The second kappa shape index (κ2) is 5.63. The number of hydrogen-bond acceptors (Lipinski definition) is 2. The minimum absolute atomic E-state index is 0.405. The van der Waals surface area contributed by atoms with Crippen LogP contribution in [0, 0.1) is 6.92 Å². The molecule has 0 aliphatic rings. The number of benzene rings is 2. The standard InChI is InChI=1S/C14H13BrClNO/c1-9-2-5-14(12(16)6-9)18-8-10-3-4-11(15)7-13(10)17/h2-7H,8,17H2,1H3. The van der Waals surface area contributed by atoms with Gasteiger partial charge in [0.05, 0.1) is 5.02 Å². The molecular weight excluding hydrogens is 314 g/mol. The van der Waals surface area contributed by atoms with Crippen molar-refractivity contribution in [1.29, 1.82) is 0 Å². The molecular formula is C14H13BrClNO. The molecule has 0 unspecified atom stereocenters. The Kier molecular flexibility index (Phi) is 4.15. The third kappa shape index (κ3) is 3.18. The van der Waals surface area contributed by atoms with Gasteiger partial charge in [0.2, 0.25) is 0 Å². The number of nitrogen functional groups attached to an aromatic ring is 1. The number of rotatable bonds is 3. The summed E-state index contributed by atoms with van der Waals surface area (Å²) in [6.07, 6.45) is 0. The zero-order chi connectivity index (χ0) is 13.1. The van der Waals surface area contributed by atoms with E-state index in [-0.39, 0.29) is 0 Å². The van der Waals surface area contributed by atoms with Crippen molar-refractivity contribution >= 4 is 33.2 Å². The Balaban J connectivity index is 2.11. The van der Waals surface area contributed by atoms with Crippen molar-refractivity contribution in [2.24, 2.45) is 0 Å². The summed E-state index contributed by atoms with van der Waals surface area (Å²) in [7, 11) is 0. The van der Waals surface area contributed by atoms with E-state index in [2.05, 4.69) is 15.9 Å². The maximum atomic E-state index is 6.10. The molecule has 0 saturated carbocycles. The largest absolute Gasteiger partial charge is 0.487 e. The van der Waals surface area contributed by atoms with E-state index in [1.807, 2.05) is 43.3 Å². The van der Waals surface area contributed by atoms with Gasteiger partial charge < -0.3 is 10.5 Å². The van der Waals surface area contributed by atoms with Gasteiger partial charge in [0.15, 0.2) is 0 Å². The molecule has 0 amide bonds. The van der Waals surface area contributed by atoms with Gasteiger partial charge in [-0.1, -0.05) is 39.7 Å². The van der Waals surface area contributed by atoms with Crippen molar-refractivity contribution in [3.63, 3.8) is 0 Å². The van der Waals surface area contributed by atoms with E-state index in [1.54, 1.807) is 0 Å². The van der Waals surface area contributed by atoms with E-state index in [4.69, 9.17) is 22.1 Å². The van der Waals surface area contributed by atoms with Crippen molar-refractivity contribution in [2.45, 2.75) is 13.5 Å². The lowest BCUT2D eigenvalue weighted by molar-refractivity contribution is 0.307. The van der Waals surface area contributed by atoms with Crippen molar-refractivity contribution in [3.8, 4) is 5.75 Å². The molecule has 0 aromatic heterocycles. The van der Waals surface area contributed by atoms with Crippen LogP contribution in [0.15, 0.2) is 40.9 Å². The summed E-state index contributed by atoms with van der Waals surface area (Å²) < 4.78 is 6.63. The van der Waals surface area contributed by atoms with Crippen LogP contribution in [-0.2, 0) is 6.61 Å². The molecule has 0 aliphatic heterocycles. The summed E-state index contributed by atoms with van der Waals surface area (Å²) in [5.41, 5.74) is 8.65. The number of hydrogen-bond donors (Lipinski definition) is 1. The first-order valence-corrected chi connectivity index (χ1v) is 6.66. The predicted molar refractivity (Wildman–Crippen MR) is 79.1 cm³/mol. The second-order valence-corrected chi connectivity index (χ2v) is 5.39. The molecule has 0 radical (unpaired) electrons. The second-order valence-electron chi connectivity index (χ2n) is 4.07. The van der Waals surface area contributed by atoms with E-state index in [1.165, 1.54) is 0 Å². The highest BCUT2D eigenvalue weighted by Gasteiger charge is 2.04. The number of anilines is 1. The lowest BCUT2D eigenvalue weighted by Gasteiger charge is -2.10. The molecule has 2 nitrogen and oxygen atoms in total. The normalized spacial score (nSPS) is 10.4. The van der Waals surface area contributed by atoms with Crippen LogP contribution in [0.5, 0.6) is 5.75 Å². The summed E-state index contributed by atoms with van der Waals surface area (Å²) in [6, 6.07) is 11.4. The average molecular weight is 327 g/mol. The lowest BCUT2D eigenvalue weighted by atomic mass is 10.2. The van der Waals surface area contributed by atoms with Crippen LogP contribution >= 0.6 is 27.5 Å². The molecule has 0 bridgehead atoms. The highest BCUT2D eigenvalue weighted by atomic mass is 79.9. The molecule has 2 rings (SSSR count). The van der Waals surface area contributed by atoms with Gasteiger partial charge in [-0.25, -0.2) is 0 Å². The fraction of sp³-hybridized carbons (Fsp3) is 0.143. The average Bonchev–Trinajstić information content (AvgIpc) is 2.30. The van der Waals surface area contributed by atoms with Crippen LogP contribution in [0.25, 0.3) is 0 Å². The van der Waals surface area contributed by atoms with E-state index < -0.39 is 0 Å². The Hall–Kier alpha value is -1.19. The molecule has 2 N–H and O–H groups in total. The minimum Gasteiger partial charge on any atom is -0.487 e. The first kappa shape index (κ1) is 13.2. The molecule has 18 heavy (non-hydrogen) atoms. The Morgan fingerprint density at radius 1 is 1.22 bits per heavy atom. The molecule has 0 saturated heterocycles. The molecule has 0 spiro atoms. The fourth-order valence-electron chi connectivity index (χ4n) is 1.58. The summed E-state index contributed by atoms with van der Waals surface area (Å²) >= 11 is 9.47. The number of halogens is 2. The van der Waals surface area contributed by atoms with Crippen LogP contribution in [0.2, 0.25) is 5.02 Å². The number of nitrogens with two attached hydrogens (primary N) is 1. The van der Waals surface area contributed by atoms with Gasteiger partial charge in [0.1, 0.15) is 12.4 Å². The van der Waals surface area contributed by atoms with Crippen molar-refractivity contribution in [1.82, 2.24) is 0 Å². The first-order chi connectivity index (χ1) is 8.56. The molecule has 0 atom stereocenters. The third-order valence-corrected chi connectivity index (χ3v) is 3.37. The van der Waals surface area contributed by atoms with E-state index in [9.17, 15) is 0 Å². The van der Waals surface area contributed by atoms with Crippen LogP contribution < -0.4 is 10.5 Å².